The Balaban J connectivity index is 2.02. The second kappa shape index (κ2) is 6.89. The first-order valence-electron chi connectivity index (χ1n) is 5.89. The Bertz CT molecular complexity index is 725. The normalized spacial score (nSPS) is 10.4. The molecule has 0 aliphatic rings. The topological polar surface area (TPSA) is 38.3 Å². The van der Waals surface area contributed by atoms with E-state index >= 15 is 0 Å². The molecule has 0 heterocycles. The van der Waals surface area contributed by atoms with E-state index in [2.05, 4.69) is 5.32 Å². The molecule has 1 amide bonds. The maximum atomic E-state index is 13.4. The van der Waals surface area contributed by atoms with Gasteiger partial charge in [0.15, 0.2) is 24.1 Å². The fraction of sp³-hybridized carbons (Fsp3) is 0.0714. The van der Waals surface area contributed by atoms with Crippen molar-refractivity contribution in [3.05, 3.63) is 57.8 Å². The third-order valence-electron chi connectivity index (χ3n) is 2.56. The molecule has 2 aromatic rings. The molecule has 116 valence electrons. The van der Waals surface area contributed by atoms with Gasteiger partial charge in [-0.05, 0) is 24.3 Å². The van der Waals surface area contributed by atoms with Crippen molar-refractivity contribution >= 4 is 34.8 Å². The Morgan fingerprint density at radius 2 is 1.82 bits per heavy atom. The lowest BCUT2D eigenvalue weighted by Gasteiger charge is -2.10. The van der Waals surface area contributed by atoms with Gasteiger partial charge in [0, 0.05) is 11.1 Å². The lowest BCUT2D eigenvalue weighted by molar-refractivity contribution is -0.118. The molecule has 2 rings (SSSR count). The molecule has 0 spiro atoms. The summed E-state index contributed by atoms with van der Waals surface area (Å²) >= 11 is 11.6. The first-order valence-corrected chi connectivity index (χ1v) is 6.65. The molecule has 2 aromatic carbocycles. The van der Waals surface area contributed by atoms with Gasteiger partial charge >= 0.3 is 0 Å². The van der Waals surface area contributed by atoms with Crippen LogP contribution >= 0.6 is 23.2 Å². The number of anilines is 1. The van der Waals surface area contributed by atoms with Gasteiger partial charge in [-0.15, -0.1) is 0 Å². The van der Waals surface area contributed by atoms with E-state index in [1.54, 1.807) is 0 Å². The van der Waals surface area contributed by atoms with Crippen molar-refractivity contribution in [2.24, 2.45) is 0 Å². The van der Waals surface area contributed by atoms with Crippen molar-refractivity contribution in [2.75, 3.05) is 11.9 Å². The molecule has 0 unspecified atom stereocenters. The van der Waals surface area contributed by atoms with Gasteiger partial charge in [-0.25, -0.2) is 13.2 Å². The quantitative estimate of drug-likeness (QED) is 0.829. The third-order valence-corrected chi connectivity index (χ3v) is 3.11. The van der Waals surface area contributed by atoms with Crippen LogP contribution in [0.4, 0.5) is 18.9 Å². The zero-order chi connectivity index (χ0) is 16.3. The van der Waals surface area contributed by atoms with E-state index in [9.17, 15) is 18.0 Å². The number of carbonyl (C=O) groups excluding carboxylic acids is 1. The number of benzene rings is 2. The average molecular weight is 350 g/mol. The predicted octanol–water partition coefficient (Wildman–Crippen LogP) is 4.43. The molecule has 1 N–H and O–H groups in total. The molecule has 0 saturated heterocycles. The number of hydrogen-bond donors (Lipinski definition) is 1. The molecule has 3 nitrogen and oxygen atoms in total. The Hall–Kier alpha value is -1.92. The van der Waals surface area contributed by atoms with Gasteiger partial charge in [-0.1, -0.05) is 23.2 Å². The molecular formula is C14H8Cl2F3NO2. The van der Waals surface area contributed by atoms with Crippen molar-refractivity contribution in [1.82, 2.24) is 0 Å². The second-order valence-electron chi connectivity index (χ2n) is 4.13. The summed E-state index contributed by atoms with van der Waals surface area (Å²) in [7, 11) is 0. The maximum absolute atomic E-state index is 13.4. The molecule has 0 fully saturated rings. The molecule has 0 saturated carbocycles. The molecule has 22 heavy (non-hydrogen) atoms. The predicted molar refractivity (Wildman–Crippen MR) is 76.9 cm³/mol. The number of hydrogen-bond acceptors (Lipinski definition) is 2. The van der Waals surface area contributed by atoms with E-state index in [1.165, 1.54) is 18.2 Å². The van der Waals surface area contributed by atoms with Crippen LogP contribution in [0.2, 0.25) is 10.0 Å². The van der Waals surface area contributed by atoms with Crippen molar-refractivity contribution in [2.45, 2.75) is 0 Å². The molecule has 0 bridgehead atoms. The largest absolute Gasteiger partial charge is 0.482 e. The van der Waals surface area contributed by atoms with Crippen molar-refractivity contribution in [3.8, 4) is 5.75 Å². The summed E-state index contributed by atoms with van der Waals surface area (Å²) in [6, 6.07) is 6.01. The second-order valence-corrected chi connectivity index (χ2v) is 4.98. The van der Waals surface area contributed by atoms with Crippen LogP contribution in [0.1, 0.15) is 0 Å². The van der Waals surface area contributed by atoms with Crippen LogP contribution in [0.25, 0.3) is 0 Å². The van der Waals surface area contributed by atoms with Crippen LogP contribution in [-0.4, -0.2) is 12.5 Å². The van der Waals surface area contributed by atoms with Crippen LogP contribution in [-0.2, 0) is 4.79 Å². The van der Waals surface area contributed by atoms with Gasteiger partial charge in [-0.2, -0.15) is 0 Å². The van der Waals surface area contributed by atoms with E-state index in [0.29, 0.717) is 11.1 Å². The highest BCUT2D eigenvalue weighted by molar-refractivity contribution is 6.34. The number of halogens is 5. The Kier molecular flexibility index (Phi) is 5.15. The summed E-state index contributed by atoms with van der Waals surface area (Å²) in [6.45, 7) is -0.515. The van der Waals surface area contributed by atoms with Crippen LogP contribution in [0, 0.1) is 17.5 Å². The summed E-state index contributed by atoms with van der Waals surface area (Å²) in [5.74, 6) is -5.13. The summed E-state index contributed by atoms with van der Waals surface area (Å²) in [6.07, 6.45) is 0. The molecule has 0 aliphatic heterocycles. The van der Waals surface area contributed by atoms with Crippen molar-refractivity contribution in [1.29, 1.82) is 0 Å². The van der Waals surface area contributed by atoms with Gasteiger partial charge in [0.1, 0.15) is 5.75 Å². The Morgan fingerprint density at radius 3 is 2.55 bits per heavy atom. The van der Waals surface area contributed by atoms with Gasteiger partial charge in [0.05, 0.1) is 10.7 Å². The third kappa shape index (κ3) is 3.84. The van der Waals surface area contributed by atoms with E-state index in [-0.39, 0.29) is 10.8 Å². The average Bonchev–Trinajstić information content (AvgIpc) is 2.49. The number of nitrogens with one attached hydrogen (secondary N) is 1. The van der Waals surface area contributed by atoms with Crippen LogP contribution < -0.4 is 10.1 Å². The lowest BCUT2D eigenvalue weighted by atomic mass is 10.3. The first kappa shape index (κ1) is 16.5. The van der Waals surface area contributed by atoms with E-state index in [0.717, 1.165) is 6.07 Å². The summed E-state index contributed by atoms with van der Waals surface area (Å²) in [5.41, 5.74) is -0.496. The molecule has 0 radical (unpaired) electrons. The minimum absolute atomic E-state index is 0.162. The van der Waals surface area contributed by atoms with Crippen molar-refractivity contribution in [3.63, 3.8) is 0 Å². The zero-order valence-electron chi connectivity index (χ0n) is 10.8. The molecule has 0 atom stereocenters. The SMILES string of the molecule is O=C(COc1cc(Cl)ccc1Cl)Nc1ccc(F)c(F)c1F. The van der Waals surface area contributed by atoms with Crippen LogP contribution in [0.3, 0.4) is 0 Å². The lowest BCUT2D eigenvalue weighted by Crippen LogP contribution is -2.21. The highest BCUT2D eigenvalue weighted by Crippen LogP contribution is 2.27. The van der Waals surface area contributed by atoms with Gasteiger partial charge in [0.25, 0.3) is 5.91 Å². The number of carbonyl (C=O) groups is 1. The van der Waals surface area contributed by atoms with Crippen LogP contribution in [0.5, 0.6) is 5.75 Å². The summed E-state index contributed by atoms with van der Waals surface area (Å²) in [5, 5.41) is 2.65. The van der Waals surface area contributed by atoms with E-state index < -0.39 is 35.7 Å². The highest BCUT2D eigenvalue weighted by Gasteiger charge is 2.15. The maximum Gasteiger partial charge on any atom is 0.262 e. The van der Waals surface area contributed by atoms with Gasteiger partial charge < -0.3 is 10.1 Å². The Labute approximate surface area is 133 Å². The number of amides is 1. The zero-order valence-corrected chi connectivity index (χ0v) is 12.3. The highest BCUT2D eigenvalue weighted by atomic mass is 35.5. The van der Waals surface area contributed by atoms with E-state index in [1.807, 2.05) is 0 Å². The van der Waals surface area contributed by atoms with E-state index in [4.69, 9.17) is 27.9 Å². The number of rotatable bonds is 4. The smallest absolute Gasteiger partial charge is 0.262 e. The fourth-order valence-electron chi connectivity index (χ4n) is 1.54. The minimum atomic E-state index is -1.67. The number of ether oxygens (including phenoxy) is 1. The van der Waals surface area contributed by atoms with Crippen molar-refractivity contribution < 1.29 is 22.7 Å². The monoisotopic (exact) mass is 349 g/mol. The first-order chi connectivity index (χ1) is 10.4. The van der Waals surface area contributed by atoms with Gasteiger partial charge in [-0.3, -0.25) is 4.79 Å². The summed E-state index contributed by atoms with van der Waals surface area (Å²) in [4.78, 5) is 11.6. The molecule has 0 aliphatic carbocycles. The summed E-state index contributed by atoms with van der Waals surface area (Å²) < 4.78 is 44.3. The van der Waals surface area contributed by atoms with Gasteiger partial charge in [0.2, 0.25) is 0 Å². The molecule has 8 heteroatoms. The molecular weight excluding hydrogens is 342 g/mol. The standard InChI is InChI=1S/C14H8Cl2F3NO2/c15-7-1-2-8(16)11(5-7)22-6-12(21)20-10-4-3-9(17)13(18)14(10)19/h1-5H,6H2,(H,20,21). The van der Waals surface area contributed by atoms with Crippen LogP contribution in [0.15, 0.2) is 30.3 Å². The minimum Gasteiger partial charge on any atom is -0.482 e. The molecule has 0 aromatic heterocycles. The Morgan fingerprint density at radius 1 is 1.09 bits per heavy atom. The fourth-order valence-corrected chi connectivity index (χ4v) is 1.87.